The van der Waals surface area contributed by atoms with Crippen molar-refractivity contribution in [1.82, 2.24) is 0 Å². The van der Waals surface area contributed by atoms with Crippen molar-refractivity contribution in [3.05, 3.63) is 40.1 Å². The van der Waals surface area contributed by atoms with E-state index in [0.29, 0.717) is 20.1 Å². The normalized spacial score (nSPS) is 18.5. The summed E-state index contributed by atoms with van der Waals surface area (Å²) in [7, 11) is 2.87. The smallest absolute Gasteiger partial charge is 0.173 e. The molecule has 2 atom stereocenters. The Bertz CT molecular complexity index is 785. The number of fused-ring (bicyclic) bond motifs is 2. The molecule has 6 nitrogen and oxygen atoms in total. The molecule has 0 saturated carbocycles. The summed E-state index contributed by atoms with van der Waals surface area (Å²) in [5.74, 6) is -1.45. The maximum absolute atomic E-state index is 10.6. The third-order valence-corrected chi connectivity index (χ3v) is 8.59. The van der Waals surface area contributed by atoms with Crippen LogP contribution in [0.25, 0.3) is 0 Å². The van der Waals surface area contributed by atoms with E-state index in [1.54, 1.807) is 0 Å². The SMILES string of the molecule is COC1c2c(O)c(O)c(Br)c(Br)c2C(OC)c2c(O)c(O)c(Br)c(Br)c21. The molecule has 140 valence electrons. The first kappa shape index (κ1) is 20.2. The zero-order valence-corrected chi connectivity index (χ0v) is 19.6. The zero-order chi connectivity index (χ0) is 19.5. The van der Waals surface area contributed by atoms with Crippen LogP contribution >= 0.6 is 63.7 Å². The number of halogens is 4. The number of phenols is 4. The fourth-order valence-corrected chi connectivity index (χ4v) is 5.22. The van der Waals surface area contributed by atoms with Gasteiger partial charge in [0.2, 0.25) is 0 Å². The number of hydrogen-bond donors (Lipinski definition) is 4. The molecule has 4 N–H and O–H groups in total. The number of hydrogen-bond acceptors (Lipinski definition) is 6. The molecule has 2 aromatic carbocycles. The second kappa shape index (κ2) is 7.14. The highest BCUT2D eigenvalue weighted by Crippen LogP contribution is 2.60. The molecule has 0 fully saturated rings. The van der Waals surface area contributed by atoms with Gasteiger partial charge in [0.15, 0.2) is 23.0 Å². The van der Waals surface area contributed by atoms with Gasteiger partial charge in [-0.2, -0.15) is 0 Å². The summed E-state index contributed by atoms with van der Waals surface area (Å²) >= 11 is 13.2. The Morgan fingerprint density at radius 3 is 1.12 bits per heavy atom. The summed E-state index contributed by atoms with van der Waals surface area (Å²) in [5, 5.41) is 41.7. The van der Waals surface area contributed by atoms with Gasteiger partial charge in [0.1, 0.15) is 12.2 Å². The van der Waals surface area contributed by atoms with E-state index in [4.69, 9.17) is 9.47 Å². The van der Waals surface area contributed by atoms with Crippen molar-refractivity contribution >= 4 is 63.7 Å². The Morgan fingerprint density at radius 1 is 0.538 bits per heavy atom. The van der Waals surface area contributed by atoms with E-state index in [1.165, 1.54) is 14.2 Å². The number of aromatic hydroxyl groups is 4. The average Bonchev–Trinajstić information content (AvgIpc) is 2.64. The fourth-order valence-electron chi connectivity index (χ4n) is 3.20. The minimum Gasteiger partial charge on any atom is -0.504 e. The van der Waals surface area contributed by atoms with Crippen LogP contribution in [0.5, 0.6) is 23.0 Å². The maximum atomic E-state index is 10.6. The van der Waals surface area contributed by atoms with Gasteiger partial charge >= 0.3 is 0 Å². The van der Waals surface area contributed by atoms with Gasteiger partial charge in [0.05, 0.1) is 8.95 Å². The van der Waals surface area contributed by atoms with E-state index in [-0.39, 0.29) is 43.1 Å². The molecule has 26 heavy (non-hydrogen) atoms. The monoisotopic (exact) mass is 616 g/mol. The highest BCUT2D eigenvalue weighted by atomic mass is 79.9. The van der Waals surface area contributed by atoms with Crippen LogP contribution in [0.2, 0.25) is 0 Å². The van der Waals surface area contributed by atoms with Gasteiger partial charge in [-0.25, -0.2) is 0 Å². The van der Waals surface area contributed by atoms with Crippen LogP contribution in [0.3, 0.4) is 0 Å². The molecule has 0 bridgehead atoms. The minimum atomic E-state index is -0.848. The third kappa shape index (κ3) is 2.61. The van der Waals surface area contributed by atoms with Crippen molar-refractivity contribution in [3.8, 4) is 23.0 Å². The van der Waals surface area contributed by atoms with Crippen LogP contribution in [-0.2, 0) is 9.47 Å². The Balaban J connectivity index is 2.53. The van der Waals surface area contributed by atoms with E-state index >= 15 is 0 Å². The lowest BCUT2D eigenvalue weighted by Crippen LogP contribution is -2.22. The van der Waals surface area contributed by atoms with Gasteiger partial charge in [-0.1, -0.05) is 0 Å². The van der Waals surface area contributed by atoms with Crippen LogP contribution in [0.1, 0.15) is 34.5 Å². The van der Waals surface area contributed by atoms with Crippen molar-refractivity contribution in [2.45, 2.75) is 12.2 Å². The fraction of sp³-hybridized carbons (Fsp3) is 0.250. The molecule has 1 aliphatic carbocycles. The highest BCUT2D eigenvalue weighted by Gasteiger charge is 2.43. The molecule has 2 unspecified atom stereocenters. The van der Waals surface area contributed by atoms with Crippen LogP contribution < -0.4 is 0 Å². The van der Waals surface area contributed by atoms with Gasteiger partial charge in [-0.15, -0.1) is 0 Å². The lowest BCUT2D eigenvalue weighted by molar-refractivity contribution is 0.0934. The lowest BCUT2D eigenvalue weighted by Gasteiger charge is -2.36. The second-order valence-corrected chi connectivity index (χ2v) is 8.71. The van der Waals surface area contributed by atoms with E-state index in [0.717, 1.165) is 0 Å². The van der Waals surface area contributed by atoms with Crippen LogP contribution in [-0.4, -0.2) is 34.6 Å². The van der Waals surface area contributed by atoms with E-state index in [1.807, 2.05) is 0 Å². The van der Waals surface area contributed by atoms with Crippen molar-refractivity contribution in [3.63, 3.8) is 0 Å². The number of methoxy groups -OCH3 is 2. The highest BCUT2D eigenvalue weighted by molar-refractivity contribution is 9.13. The second-order valence-electron chi connectivity index (χ2n) is 5.54. The molecule has 2 aromatic rings. The molecular weight excluding hydrogens is 608 g/mol. The molecule has 3 rings (SSSR count). The van der Waals surface area contributed by atoms with Crippen LogP contribution in [0.4, 0.5) is 0 Å². The summed E-state index contributed by atoms with van der Waals surface area (Å²) in [4.78, 5) is 0. The molecular formula is C16H12Br4O6. The molecule has 0 spiro atoms. The van der Waals surface area contributed by atoms with Gasteiger partial charge in [-0.05, 0) is 63.7 Å². The van der Waals surface area contributed by atoms with Crippen molar-refractivity contribution < 1.29 is 29.9 Å². The zero-order valence-electron chi connectivity index (χ0n) is 13.3. The first-order valence-electron chi connectivity index (χ1n) is 7.09. The summed E-state index contributed by atoms with van der Waals surface area (Å²) in [5.41, 5.74) is 1.49. The molecule has 0 saturated heterocycles. The van der Waals surface area contributed by atoms with Gasteiger partial charge in [0, 0.05) is 45.4 Å². The number of benzene rings is 2. The molecule has 0 aliphatic heterocycles. The molecule has 0 radical (unpaired) electrons. The molecule has 10 heteroatoms. The quantitative estimate of drug-likeness (QED) is 0.339. The van der Waals surface area contributed by atoms with E-state index < -0.39 is 12.2 Å². The first-order valence-corrected chi connectivity index (χ1v) is 10.3. The van der Waals surface area contributed by atoms with E-state index in [9.17, 15) is 20.4 Å². The minimum absolute atomic E-state index is 0.231. The Morgan fingerprint density at radius 2 is 0.846 bits per heavy atom. The largest absolute Gasteiger partial charge is 0.504 e. The summed E-state index contributed by atoms with van der Waals surface area (Å²) in [6, 6.07) is 0. The van der Waals surface area contributed by atoms with Crippen LogP contribution in [0, 0.1) is 0 Å². The first-order chi connectivity index (χ1) is 12.2. The third-order valence-electron chi connectivity index (χ3n) is 4.33. The molecule has 1 aliphatic rings. The van der Waals surface area contributed by atoms with Crippen molar-refractivity contribution in [1.29, 1.82) is 0 Å². The summed E-state index contributed by atoms with van der Waals surface area (Å²) in [6.45, 7) is 0. The number of rotatable bonds is 2. The lowest BCUT2D eigenvalue weighted by atomic mass is 9.80. The maximum Gasteiger partial charge on any atom is 0.173 e. The number of ether oxygens (including phenoxy) is 2. The molecule has 0 aromatic heterocycles. The molecule has 0 heterocycles. The van der Waals surface area contributed by atoms with Gasteiger partial charge in [0.25, 0.3) is 0 Å². The van der Waals surface area contributed by atoms with E-state index in [2.05, 4.69) is 63.7 Å². The Labute approximate surface area is 182 Å². The predicted octanol–water partition coefficient (Wildman–Crippen LogP) is 5.34. The summed E-state index contributed by atoms with van der Waals surface area (Å²) < 4.78 is 12.5. The topological polar surface area (TPSA) is 99.4 Å². The van der Waals surface area contributed by atoms with Crippen LogP contribution in [0.15, 0.2) is 17.9 Å². The standard InChI is InChI=1S/C16H12Br4O6/c1-25-15-3-6(12(22)14(24)9(19)7(3)17)16(26-2)4-5(15)11(21)13(23)10(20)8(4)18/h15-16,21-24H,1-2H3. The predicted molar refractivity (Wildman–Crippen MR) is 108 cm³/mol. The van der Waals surface area contributed by atoms with Crippen molar-refractivity contribution in [2.75, 3.05) is 14.2 Å². The number of phenolic OH excluding ortho intramolecular Hbond substituents is 4. The Hall–Kier alpha value is -0.520. The molecule has 0 amide bonds. The summed E-state index contributed by atoms with van der Waals surface area (Å²) in [6.07, 6.45) is -1.70. The van der Waals surface area contributed by atoms with Gasteiger partial charge < -0.3 is 29.9 Å². The van der Waals surface area contributed by atoms with Gasteiger partial charge in [-0.3, -0.25) is 0 Å². The van der Waals surface area contributed by atoms with Crippen molar-refractivity contribution in [2.24, 2.45) is 0 Å². The Kier molecular flexibility index (Phi) is 5.55. The average molecular weight is 620 g/mol.